The Balaban J connectivity index is 2.29. The molecule has 0 heterocycles. The van der Waals surface area contributed by atoms with Gasteiger partial charge in [-0.05, 0) is 32.2 Å². The van der Waals surface area contributed by atoms with E-state index in [0.717, 1.165) is 10.2 Å². The van der Waals surface area contributed by atoms with Gasteiger partial charge in [0, 0.05) is 17.4 Å². The highest BCUT2D eigenvalue weighted by Crippen LogP contribution is 2.18. The summed E-state index contributed by atoms with van der Waals surface area (Å²) in [7, 11) is 1.83. The van der Waals surface area contributed by atoms with Gasteiger partial charge in [0.05, 0.1) is 6.54 Å². The smallest absolute Gasteiger partial charge is 0.221 e. The zero-order chi connectivity index (χ0) is 13.4. The molecule has 0 aliphatic carbocycles. The Labute approximate surface area is 116 Å². The molecule has 1 aromatic carbocycles. The van der Waals surface area contributed by atoms with Crippen LogP contribution in [0.15, 0.2) is 28.7 Å². The molecule has 0 aromatic heterocycles. The lowest BCUT2D eigenvalue weighted by atomic mass is 10.3. The number of nitrogens with one attached hydrogen (secondary N) is 2. The van der Waals surface area contributed by atoms with Crippen LogP contribution in [-0.2, 0) is 4.79 Å². The number of hydrogen-bond acceptors (Lipinski definition) is 3. The van der Waals surface area contributed by atoms with Gasteiger partial charge < -0.3 is 15.4 Å². The van der Waals surface area contributed by atoms with Crippen molar-refractivity contribution in [2.75, 3.05) is 20.1 Å². The van der Waals surface area contributed by atoms with Crippen LogP contribution in [0.4, 0.5) is 0 Å². The van der Waals surface area contributed by atoms with Gasteiger partial charge in [0.15, 0.2) is 0 Å². The largest absolute Gasteiger partial charge is 0.489 e. The highest BCUT2D eigenvalue weighted by atomic mass is 79.9. The monoisotopic (exact) mass is 314 g/mol. The quantitative estimate of drug-likeness (QED) is 0.808. The molecule has 18 heavy (non-hydrogen) atoms. The van der Waals surface area contributed by atoms with Gasteiger partial charge in [0.2, 0.25) is 5.91 Å². The van der Waals surface area contributed by atoms with E-state index in [1.54, 1.807) is 0 Å². The SMILES string of the molecule is CNCCC(=O)NCC(C)Oc1cccc(Br)c1. The number of halogens is 1. The molecular formula is C13H19BrN2O2. The van der Waals surface area contributed by atoms with Crippen LogP contribution in [0.1, 0.15) is 13.3 Å². The van der Waals surface area contributed by atoms with Gasteiger partial charge in [0.25, 0.3) is 0 Å². The highest BCUT2D eigenvalue weighted by molar-refractivity contribution is 9.10. The van der Waals surface area contributed by atoms with Crippen LogP contribution in [-0.4, -0.2) is 32.1 Å². The number of ether oxygens (including phenoxy) is 1. The van der Waals surface area contributed by atoms with Gasteiger partial charge >= 0.3 is 0 Å². The molecule has 0 radical (unpaired) electrons. The third-order valence-electron chi connectivity index (χ3n) is 2.32. The second-order valence-corrected chi connectivity index (χ2v) is 4.96. The summed E-state index contributed by atoms with van der Waals surface area (Å²) in [6.07, 6.45) is 0.429. The van der Waals surface area contributed by atoms with Gasteiger partial charge in [-0.15, -0.1) is 0 Å². The van der Waals surface area contributed by atoms with E-state index < -0.39 is 0 Å². The van der Waals surface area contributed by atoms with Crippen LogP contribution in [0.5, 0.6) is 5.75 Å². The number of hydrogen-bond donors (Lipinski definition) is 2. The predicted octanol–water partition coefficient (Wildman–Crippen LogP) is 1.94. The molecule has 0 saturated carbocycles. The van der Waals surface area contributed by atoms with E-state index in [1.807, 2.05) is 38.2 Å². The lowest BCUT2D eigenvalue weighted by Crippen LogP contribution is -2.34. The van der Waals surface area contributed by atoms with Crippen LogP contribution < -0.4 is 15.4 Å². The number of rotatable bonds is 7. The van der Waals surface area contributed by atoms with Crippen molar-refractivity contribution in [2.45, 2.75) is 19.4 Å². The van der Waals surface area contributed by atoms with E-state index in [9.17, 15) is 4.79 Å². The van der Waals surface area contributed by atoms with E-state index >= 15 is 0 Å². The first-order valence-corrected chi connectivity index (χ1v) is 6.74. The van der Waals surface area contributed by atoms with E-state index in [4.69, 9.17) is 4.74 Å². The van der Waals surface area contributed by atoms with Crippen molar-refractivity contribution in [1.29, 1.82) is 0 Å². The van der Waals surface area contributed by atoms with Gasteiger partial charge in [-0.3, -0.25) is 4.79 Å². The molecule has 0 spiro atoms. The van der Waals surface area contributed by atoms with Crippen LogP contribution in [0.25, 0.3) is 0 Å². The Bertz CT molecular complexity index is 385. The predicted molar refractivity (Wildman–Crippen MR) is 75.8 cm³/mol. The lowest BCUT2D eigenvalue weighted by Gasteiger charge is -2.15. The number of benzene rings is 1. The standard InChI is InChI=1S/C13H19BrN2O2/c1-10(9-16-13(17)6-7-15-2)18-12-5-3-4-11(14)8-12/h3-5,8,10,15H,6-7,9H2,1-2H3,(H,16,17). The summed E-state index contributed by atoms with van der Waals surface area (Å²) in [5, 5.41) is 5.77. The van der Waals surface area contributed by atoms with Crippen LogP contribution in [0, 0.1) is 0 Å². The van der Waals surface area contributed by atoms with Crippen molar-refractivity contribution in [1.82, 2.24) is 10.6 Å². The van der Waals surface area contributed by atoms with Crippen molar-refractivity contribution < 1.29 is 9.53 Å². The molecule has 1 rings (SSSR count). The summed E-state index contributed by atoms with van der Waals surface area (Å²) in [5.74, 6) is 0.829. The maximum absolute atomic E-state index is 11.4. The van der Waals surface area contributed by atoms with Gasteiger partial charge in [-0.1, -0.05) is 22.0 Å². The average Bonchev–Trinajstić information content (AvgIpc) is 2.34. The second kappa shape index (κ2) is 8.11. The lowest BCUT2D eigenvalue weighted by molar-refractivity contribution is -0.121. The van der Waals surface area contributed by atoms with E-state index in [0.29, 0.717) is 19.5 Å². The summed E-state index contributed by atoms with van der Waals surface area (Å²) < 4.78 is 6.67. The third-order valence-corrected chi connectivity index (χ3v) is 2.82. The fourth-order valence-electron chi connectivity index (χ4n) is 1.40. The fourth-order valence-corrected chi connectivity index (χ4v) is 1.78. The van der Waals surface area contributed by atoms with Crippen molar-refractivity contribution in [3.63, 3.8) is 0 Å². The topological polar surface area (TPSA) is 50.4 Å². The molecule has 0 bridgehead atoms. The van der Waals surface area contributed by atoms with Crippen LogP contribution >= 0.6 is 15.9 Å². The average molecular weight is 315 g/mol. The molecule has 1 unspecified atom stereocenters. The summed E-state index contributed by atoms with van der Waals surface area (Å²) >= 11 is 3.39. The van der Waals surface area contributed by atoms with Crippen LogP contribution in [0.3, 0.4) is 0 Å². The summed E-state index contributed by atoms with van der Waals surface area (Å²) in [6.45, 7) is 3.13. The Kier molecular flexibility index (Phi) is 6.75. The molecular weight excluding hydrogens is 296 g/mol. The maximum Gasteiger partial charge on any atom is 0.221 e. The Morgan fingerprint density at radius 2 is 2.28 bits per heavy atom. The van der Waals surface area contributed by atoms with Crippen molar-refractivity contribution >= 4 is 21.8 Å². The molecule has 5 heteroatoms. The minimum absolute atomic E-state index is 0.0362. The molecule has 2 N–H and O–H groups in total. The number of carbonyl (C=O) groups excluding carboxylic acids is 1. The molecule has 0 aliphatic heterocycles. The summed E-state index contributed by atoms with van der Waals surface area (Å²) in [6, 6.07) is 7.65. The van der Waals surface area contributed by atoms with E-state index in [-0.39, 0.29) is 12.0 Å². The summed E-state index contributed by atoms with van der Waals surface area (Å²) in [4.78, 5) is 11.4. The minimum Gasteiger partial charge on any atom is -0.489 e. The summed E-state index contributed by atoms with van der Waals surface area (Å²) in [5.41, 5.74) is 0. The van der Waals surface area contributed by atoms with Crippen LogP contribution in [0.2, 0.25) is 0 Å². The first kappa shape index (κ1) is 15.0. The Morgan fingerprint density at radius 1 is 1.50 bits per heavy atom. The second-order valence-electron chi connectivity index (χ2n) is 4.04. The molecule has 100 valence electrons. The molecule has 1 atom stereocenters. The van der Waals surface area contributed by atoms with Gasteiger partial charge in [0.1, 0.15) is 11.9 Å². The normalized spacial score (nSPS) is 11.9. The number of amides is 1. The zero-order valence-electron chi connectivity index (χ0n) is 10.7. The fraction of sp³-hybridized carbons (Fsp3) is 0.462. The molecule has 0 fully saturated rings. The first-order chi connectivity index (χ1) is 8.61. The molecule has 1 aromatic rings. The molecule has 0 aliphatic rings. The first-order valence-electron chi connectivity index (χ1n) is 5.95. The maximum atomic E-state index is 11.4. The zero-order valence-corrected chi connectivity index (χ0v) is 12.3. The number of carbonyl (C=O) groups is 1. The van der Waals surface area contributed by atoms with E-state index in [2.05, 4.69) is 26.6 Å². The van der Waals surface area contributed by atoms with Crippen molar-refractivity contribution in [2.24, 2.45) is 0 Å². The Hall–Kier alpha value is -1.07. The van der Waals surface area contributed by atoms with Crippen molar-refractivity contribution in [3.8, 4) is 5.75 Å². The molecule has 4 nitrogen and oxygen atoms in total. The Morgan fingerprint density at radius 3 is 2.94 bits per heavy atom. The highest BCUT2D eigenvalue weighted by Gasteiger charge is 2.06. The van der Waals surface area contributed by atoms with Gasteiger partial charge in [-0.2, -0.15) is 0 Å². The minimum atomic E-state index is -0.0576. The third kappa shape index (κ3) is 6.02. The van der Waals surface area contributed by atoms with E-state index in [1.165, 1.54) is 0 Å². The van der Waals surface area contributed by atoms with Gasteiger partial charge in [-0.25, -0.2) is 0 Å². The molecule has 1 amide bonds. The molecule has 0 saturated heterocycles. The van der Waals surface area contributed by atoms with Crippen molar-refractivity contribution in [3.05, 3.63) is 28.7 Å².